The average Bonchev–Trinajstić information content (AvgIpc) is 2.94. The number of pyridine rings is 2. The number of aliphatic hydroxyl groups is 2. The van der Waals surface area contributed by atoms with Gasteiger partial charge in [-0.3, -0.25) is 9.78 Å². The lowest BCUT2D eigenvalue weighted by Crippen LogP contribution is -2.33. The molecule has 1 amide bonds. The van der Waals surface area contributed by atoms with Crippen LogP contribution in [-0.4, -0.2) is 57.2 Å². The number of nitrogens with zero attached hydrogens (tertiary/aromatic N) is 3. The molecule has 2 aromatic heterocycles. The van der Waals surface area contributed by atoms with Gasteiger partial charge in [-0.05, 0) is 42.8 Å². The number of hydrogen-bond donors (Lipinski definition) is 3. The fourth-order valence-corrected chi connectivity index (χ4v) is 3.28. The number of aliphatic hydroxyl groups excluding tert-OH is 2. The second-order valence-corrected chi connectivity index (χ2v) is 7.36. The quantitative estimate of drug-likeness (QED) is 0.271. The smallest absolute Gasteiger partial charge is 0.254 e. The normalized spacial score (nSPS) is 10.9. The Labute approximate surface area is 214 Å². The Morgan fingerprint density at radius 1 is 1.06 bits per heavy atom. The molecule has 0 radical (unpaired) electrons. The van der Waals surface area contributed by atoms with Crippen LogP contribution in [0.4, 0.5) is 4.39 Å². The molecule has 3 rings (SSSR count). The van der Waals surface area contributed by atoms with E-state index < -0.39 is 12.1 Å². The van der Waals surface area contributed by atoms with Crippen LogP contribution in [0, 0.1) is 5.95 Å². The van der Waals surface area contributed by atoms with Crippen molar-refractivity contribution in [2.24, 2.45) is 0 Å². The minimum Gasteiger partial charge on any atom is -0.395 e. The molecule has 1 aromatic carbocycles. The SMILES string of the molecule is CC.CC.O=C(c1ccc(CCNCC(O)c2cccnc2)cc1)N(CCO)Cc1cccnc1F. The molecule has 0 aliphatic rings. The van der Waals surface area contributed by atoms with E-state index in [0.717, 1.165) is 17.5 Å². The maximum Gasteiger partial charge on any atom is 0.254 e. The molecule has 7 nitrogen and oxygen atoms in total. The lowest BCUT2D eigenvalue weighted by atomic mass is 10.1. The van der Waals surface area contributed by atoms with E-state index in [1.165, 1.54) is 11.1 Å². The Morgan fingerprint density at radius 2 is 1.75 bits per heavy atom. The van der Waals surface area contributed by atoms with Gasteiger partial charge in [0.2, 0.25) is 5.95 Å². The summed E-state index contributed by atoms with van der Waals surface area (Å²) in [4.78, 5) is 21.9. The van der Waals surface area contributed by atoms with Gasteiger partial charge in [0, 0.05) is 48.4 Å². The van der Waals surface area contributed by atoms with Crippen LogP contribution in [0.5, 0.6) is 0 Å². The number of amides is 1. The van der Waals surface area contributed by atoms with E-state index >= 15 is 0 Å². The zero-order valence-electron chi connectivity index (χ0n) is 21.7. The van der Waals surface area contributed by atoms with Gasteiger partial charge in [-0.1, -0.05) is 52.0 Å². The Morgan fingerprint density at radius 3 is 2.36 bits per heavy atom. The van der Waals surface area contributed by atoms with Gasteiger partial charge in [0.1, 0.15) is 0 Å². The topological polar surface area (TPSA) is 98.6 Å². The van der Waals surface area contributed by atoms with Gasteiger partial charge >= 0.3 is 0 Å². The van der Waals surface area contributed by atoms with Crippen molar-refractivity contribution in [2.45, 2.75) is 46.8 Å². The van der Waals surface area contributed by atoms with E-state index in [0.29, 0.717) is 24.2 Å². The minimum absolute atomic E-state index is 0.0317. The van der Waals surface area contributed by atoms with Crippen molar-refractivity contribution < 1.29 is 19.4 Å². The van der Waals surface area contributed by atoms with E-state index in [9.17, 15) is 19.4 Å². The van der Waals surface area contributed by atoms with Crippen LogP contribution in [0.3, 0.4) is 0 Å². The summed E-state index contributed by atoms with van der Waals surface area (Å²) in [6, 6.07) is 14.0. The van der Waals surface area contributed by atoms with Gasteiger partial charge < -0.3 is 20.4 Å². The molecular formula is C28H39FN4O3. The fourth-order valence-electron chi connectivity index (χ4n) is 3.28. The molecule has 36 heavy (non-hydrogen) atoms. The van der Waals surface area contributed by atoms with Crippen molar-refractivity contribution in [3.63, 3.8) is 0 Å². The van der Waals surface area contributed by atoms with E-state index in [-0.39, 0.29) is 25.6 Å². The fraction of sp³-hybridized carbons (Fsp3) is 0.393. The molecule has 0 aliphatic heterocycles. The van der Waals surface area contributed by atoms with Crippen LogP contribution in [0.25, 0.3) is 0 Å². The molecule has 0 fully saturated rings. The van der Waals surface area contributed by atoms with Crippen molar-refractivity contribution in [1.29, 1.82) is 0 Å². The summed E-state index contributed by atoms with van der Waals surface area (Å²) in [6.45, 7) is 9.00. The van der Waals surface area contributed by atoms with Crippen LogP contribution in [-0.2, 0) is 13.0 Å². The third-order valence-electron chi connectivity index (χ3n) is 5.05. The highest BCUT2D eigenvalue weighted by Gasteiger charge is 2.17. The molecule has 0 aliphatic carbocycles. The molecule has 0 spiro atoms. The summed E-state index contributed by atoms with van der Waals surface area (Å²) >= 11 is 0. The number of aromatic nitrogens is 2. The Balaban J connectivity index is 0.00000154. The van der Waals surface area contributed by atoms with E-state index in [1.807, 2.05) is 45.9 Å². The highest BCUT2D eigenvalue weighted by molar-refractivity contribution is 5.94. The van der Waals surface area contributed by atoms with Gasteiger partial charge in [0.25, 0.3) is 5.91 Å². The van der Waals surface area contributed by atoms with E-state index in [1.54, 1.807) is 42.7 Å². The molecule has 2 heterocycles. The lowest BCUT2D eigenvalue weighted by molar-refractivity contribution is 0.0705. The molecule has 1 atom stereocenters. The van der Waals surface area contributed by atoms with Crippen molar-refractivity contribution in [3.8, 4) is 0 Å². The summed E-state index contributed by atoms with van der Waals surface area (Å²) in [5, 5.41) is 22.7. The molecule has 1 unspecified atom stereocenters. The van der Waals surface area contributed by atoms with Gasteiger partial charge in [0.15, 0.2) is 0 Å². The number of hydrogen-bond acceptors (Lipinski definition) is 6. The van der Waals surface area contributed by atoms with Gasteiger partial charge in [-0.25, -0.2) is 4.98 Å². The minimum atomic E-state index is -0.625. The summed E-state index contributed by atoms with van der Waals surface area (Å²) < 4.78 is 13.9. The van der Waals surface area contributed by atoms with Crippen molar-refractivity contribution in [1.82, 2.24) is 20.2 Å². The lowest BCUT2D eigenvalue weighted by Gasteiger charge is -2.22. The number of carbonyl (C=O) groups is 1. The molecular weight excluding hydrogens is 459 g/mol. The molecule has 0 saturated heterocycles. The molecule has 0 bridgehead atoms. The maximum atomic E-state index is 13.9. The Hall–Kier alpha value is -3.20. The summed E-state index contributed by atoms with van der Waals surface area (Å²) in [7, 11) is 0. The monoisotopic (exact) mass is 498 g/mol. The van der Waals surface area contributed by atoms with Crippen LogP contribution in [0.15, 0.2) is 67.1 Å². The summed E-state index contributed by atoms with van der Waals surface area (Å²) in [5.41, 5.74) is 2.57. The van der Waals surface area contributed by atoms with Crippen LogP contribution in [0.1, 0.15) is 60.8 Å². The van der Waals surface area contributed by atoms with Crippen molar-refractivity contribution in [3.05, 3.63) is 95.3 Å². The number of carbonyl (C=O) groups excluding carboxylic acids is 1. The third kappa shape index (κ3) is 10.2. The molecule has 8 heteroatoms. The molecule has 196 valence electrons. The van der Waals surface area contributed by atoms with Crippen LogP contribution >= 0.6 is 0 Å². The summed E-state index contributed by atoms with van der Waals surface area (Å²) in [5.74, 6) is -0.911. The number of benzene rings is 1. The first-order valence-electron chi connectivity index (χ1n) is 12.5. The number of halogens is 1. The first kappa shape index (κ1) is 30.8. The predicted molar refractivity (Wildman–Crippen MR) is 141 cm³/mol. The van der Waals surface area contributed by atoms with Crippen LogP contribution < -0.4 is 5.32 Å². The standard InChI is InChI=1S/C24H27FN4O3.2C2H6/c25-23-21(4-2-11-28-23)17-29(13-14-30)24(32)19-7-5-18(6-8-19)9-12-27-16-22(31)20-3-1-10-26-15-20;2*1-2/h1-8,10-11,15,22,27,30-31H,9,12-14,16-17H2;2*1-2H3. The highest BCUT2D eigenvalue weighted by Crippen LogP contribution is 2.13. The van der Waals surface area contributed by atoms with E-state index in [4.69, 9.17) is 0 Å². The Kier molecular flexibility index (Phi) is 15.5. The number of nitrogens with one attached hydrogen (secondary N) is 1. The highest BCUT2D eigenvalue weighted by atomic mass is 19.1. The maximum absolute atomic E-state index is 13.9. The zero-order chi connectivity index (χ0) is 26.8. The predicted octanol–water partition coefficient (Wildman–Crippen LogP) is 4.17. The summed E-state index contributed by atoms with van der Waals surface area (Å²) in [6.07, 6.45) is 4.77. The average molecular weight is 499 g/mol. The number of rotatable bonds is 11. The van der Waals surface area contributed by atoms with Crippen molar-refractivity contribution in [2.75, 3.05) is 26.2 Å². The van der Waals surface area contributed by atoms with Gasteiger partial charge in [-0.2, -0.15) is 4.39 Å². The van der Waals surface area contributed by atoms with Crippen LogP contribution in [0.2, 0.25) is 0 Å². The molecule has 0 saturated carbocycles. The third-order valence-corrected chi connectivity index (χ3v) is 5.05. The molecule has 3 N–H and O–H groups in total. The van der Waals surface area contributed by atoms with E-state index in [2.05, 4.69) is 15.3 Å². The Bertz CT molecular complexity index is 988. The second kappa shape index (κ2) is 18.1. The molecule has 3 aromatic rings. The van der Waals surface area contributed by atoms with Crippen molar-refractivity contribution >= 4 is 5.91 Å². The second-order valence-electron chi connectivity index (χ2n) is 7.36. The first-order chi connectivity index (χ1) is 17.6. The zero-order valence-corrected chi connectivity index (χ0v) is 21.7. The van der Waals surface area contributed by atoms with Gasteiger partial charge in [0.05, 0.1) is 19.3 Å². The first-order valence-corrected chi connectivity index (χ1v) is 12.5. The largest absolute Gasteiger partial charge is 0.395 e. The van der Waals surface area contributed by atoms with Gasteiger partial charge in [-0.15, -0.1) is 0 Å².